The number of benzene rings is 1. The van der Waals surface area contributed by atoms with Gasteiger partial charge in [0.05, 0.1) is 16.9 Å². The summed E-state index contributed by atoms with van der Waals surface area (Å²) >= 11 is 0. The summed E-state index contributed by atoms with van der Waals surface area (Å²) in [5.74, 6) is -0.485. The third kappa shape index (κ3) is 1.92. The molecule has 0 spiro atoms. The van der Waals surface area contributed by atoms with Gasteiger partial charge in [0.25, 0.3) is 0 Å². The molecule has 0 bridgehead atoms. The molecular weight excluding hydrogens is 250 g/mol. The number of hydrogen-bond acceptors (Lipinski definition) is 3. The molecule has 1 saturated heterocycles. The third-order valence-electron chi connectivity index (χ3n) is 3.16. The van der Waals surface area contributed by atoms with Gasteiger partial charge in [0.2, 0.25) is 15.9 Å². The number of nitrogens with zero attached hydrogens (tertiary/aromatic N) is 1. The maximum atomic E-state index is 12.2. The molecule has 18 heavy (non-hydrogen) atoms. The zero-order valence-corrected chi connectivity index (χ0v) is 11.8. The molecule has 0 aromatic heterocycles. The van der Waals surface area contributed by atoms with Crippen LogP contribution in [0.25, 0.3) is 0 Å². The van der Waals surface area contributed by atoms with Crippen LogP contribution in [0.2, 0.25) is 0 Å². The summed E-state index contributed by atoms with van der Waals surface area (Å²) in [4.78, 5) is 12.2. The van der Waals surface area contributed by atoms with Crippen LogP contribution in [0, 0.1) is 19.3 Å². The normalized spacial score (nSPS) is 21.3. The molecule has 0 saturated carbocycles. The Morgan fingerprint density at radius 2 is 1.83 bits per heavy atom. The van der Waals surface area contributed by atoms with Gasteiger partial charge in [-0.2, -0.15) is 0 Å². The molecule has 98 valence electrons. The van der Waals surface area contributed by atoms with E-state index in [1.54, 1.807) is 19.9 Å². The molecule has 0 unspecified atom stereocenters. The van der Waals surface area contributed by atoms with E-state index in [9.17, 15) is 13.2 Å². The predicted octanol–water partition coefficient (Wildman–Crippen LogP) is 2.01. The monoisotopic (exact) mass is 267 g/mol. The molecule has 0 aliphatic carbocycles. The van der Waals surface area contributed by atoms with Crippen molar-refractivity contribution >= 4 is 21.6 Å². The van der Waals surface area contributed by atoms with Gasteiger partial charge in [-0.25, -0.2) is 12.7 Å². The fourth-order valence-corrected chi connectivity index (χ4v) is 4.44. The zero-order chi connectivity index (χ0) is 13.7. The van der Waals surface area contributed by atoms with Gasteiger partial charge >= 0.3 is 0 Å². The molecular formula is C13H17NO3S. The van der Waals surface area contributed by atoms with E-state index in [1.165, 1.54) is 0 Å². The Kier molecular flexibility index (Phi) is 2.77. The van der Waals surface area contributed by atoms with Crippen molar-refractivity contribution in [2.75, 3.05) is 10.1 Å². The Bertz CT molecular complexity index is 617. The second kappa shape index (κ2) is 3.82. The summed E-state index contributed by atoms with van der Waals surface area (Å²) in [5, 5.41) is 0. The molecule has 1 aliphatic rings. The van der Waals surface area contributed by atoms with Crippen LogP contribution in [0.4, 0.5) is 5.69 Å². The number of anilines is 1. The molecule has 5 heteroatoms. The molecule has 1 amide bonds. The van der Waals surface area contributed by atoms with E-state index >= 15 is 0 Å². The molecule has 0 radical (unpaired) electrons. The first-order valence-electron chi connectivity index (χ1n) is 5.80. The number of carbonyl (C=O) groups excluding carboxylic acids is 1. The standard InChI is InChI=1S/C13H17NO3S/c1-9-5-6-11(10(2)7-9)14-12(15)13(3,4)8-18(14,16)17/h5-7H,8H2,1-4H3. The average Bonchev–Trinajstić information content (AvgIpc) is 2.34. The molecule has 1 aromatic carbocycles. The van der Waals surface area contributed by atoms with E-state index < -0.39 is 15.4 Å². The van der Waals surface area contributed by atoms with Crippen LogP contribution in [-0.2, 0) is 14.8 Å². The van der Waals surface area contributed by atoms with Crippen LogP contribution in [0.1, 0.15) is 25.0 Å². The van der Waals surface area contributed by atoms with Gasteiger partial charge in [-0.3, -0.25) is 4.79 Å². The van der Waals surface area contributed by atoms with Crippen LogP contribution < -0.4 is 4.31 Å². The Hall–Kier alpha value is -1.36. The number of carbonyl (C=O) groups is 1. The molecule has 1 aromatic rings. The summed E-state index contributed by atoms with van der Waals surface area (Å²) in [7, 11) is -3.55. The Balaban J connectivity index is 2.60. The van der Waals surface area contributed by atoms with Crippen molar-refractivity contribution in [3.05, 3.63) is 29.3 Å². The molecule has 1 heterocycles. The fraction of sp³-hybridized carbons (Fsp3) is 0.462. The fourth-order valence-electron chi connectivity index (χ4n) is 2.28. The SMILES string of the molecule is Cc1ccc(N2C(=O)C(C)(C)CS2(=O)=O)c(C)c1. The van der Waals surface area contributed by atoms with Crippen LogP contribution in [0.3, 0.4) is 0 Å². The minimum absolute atomic E-state index is 0.133. The summed E-state index contributed by atoms with van der Waals surface area (Å²) in [6.45, 7) is 7.07. The van der Waals surface area contributed by atoms with Crippen molar-refractivity contribution in [3.63, 3.8) is 0 Å². The van der Waals surface area contributed by atoms with Crippen molar-refractivity contribution < 1.29 is 13.2 Å². The second-order valence-corrected chi connectivity index (χ2v) is 7.32. The van der Waals surface area contributed by atoms with E-state index in [0.717, 1.165) is 15.4 Å². The third-order valence-corrected chi connectivity index (χ3v) is 5.16. The van der Waals surface area contributed by atoms with Gasteiger partial charge < -0.3 is 0 Å². The Morgan fingerprint density at radius 3 is 2.28 bits per heavy atom. The van der Waals surface area contributed by atoms with E-state index in [4.69, 9.17) is 0 Å². The van der Waals surface area contributed by atoms with Gasteiger partial charge in [-0.1, -0.05) is 17.7 Å². The largest absolute Gasteiger partial charge is 0.273 e. The predicted molar refractivity (Wildman–Crippen MR) is 71.0 cm³/mol. The second-order valence-electron chi connectivity index (χ2n) is 5.50. The number of rotatable bonds is 1. The molecule has 4 nitrogen and oxygen atoms in total. The maximum absolute atomic E-state index is 12.2. The Labute approximate surface area is 108 Å². The van der Waals surface area contributed by atoms with Crippen molar-refractivity contribution in [2.24, 2.45) is 5.41 Å². The van der Waals surface area contributed by atoms with E-state index in [2.05, 4.69) is 0 Å². The minimum Gasteiger partial charge on any atom is -0.273 e. The highest BCUT2D eigenvalue weighted by Crippen LogP contribution is 2.37. The number of hydrogen-bond donors (Lipinski definition) is 0. The molecule has 0 atom stereocenters. The quantitative estimate of drug-likeness (QED) is 0.782. The minimum atomic E-state index is -3.55. The first kappa shape index (κ1) is 13.1. The molecule has 1 aliphatic heterocycles. The van der Waals surface area contributed by atoms with Crippen LogP contribution in [-0.4, -0.2) is 20.1 Å². The summed E-state index contributed by atoms with van der Waals surface area (Å²) < 4.78 is 25.2. The van der Waals surface area contributed by atoms with Crippen molar-refractivity contribution in [1.82, 2.24) is 0 Å². The summed E-state index contributed by atoms with van der Waals surface area (Å²) in [6.07, 6.45) is 0. The number of amides is 1. The highest BCUT2D eigenvalue weighted by molar-refractivity contribution is 7.94. The van der Waals surface area contributed by atoms with Crippen molar-refractivity contribution in [2.45, 2.75) is 27.7 Å². The van der Waals surface area contributed by atoms with Gasteiger partial charge in [0.1, 0.15) is 0 Å². The van der Waals surface area contributed by atoms with E-state index in [1.807, 2.05) is 26.0 Å². The van der Waals surface area contributed by atoms with Gasteiger partial charge in [-0.05, 0) is 39.3 Å². The molecule has 2 rings (SSSR count). The highest BCUT2D eigenvalue weighted by Gasteiger charge is 2.50. The highest BCUT2D eigenvalue weighted by atomic mass is 32.2. The number of aryl methyl sites for hydroxylation is 2. The van der Waals surface area contributed by atoms with Crippen LogP contribution >= 0.6 is 0 Å². The smallest absolute Gasteiger partial charge is 0.247 e. The maximum Gasteiger partial charge on any atom is 0.247 e. The lowest BCUT2D eigenvalue weighted by molar-refractivity contribution is -0.123. The Morgan fingerprint density at radius 1 is 1.22 bits per heavy atom. The van der Waals surface area contributed by atoms with Crippen LogP contribution in [0.15, 0.2) is 18.2 Å². The van der Waals surface area contributed by atoms with Gasteiger partial charge in [-0.15, -0.1) is 0 Å². The van der Waals surface area contributed by atoms with Crippen LogP contribution in [0.5, 0.6) is 0 Å². The van der Waals surface area contributed by atoms with Gasteiger partial charge in [0, 0.05) is 0 Å². The van der Waals surface area contributed by atoms with E-state index in [-0.39, 0.29) is 11.7 Å². The van der Waals surface area contributed by atoms with E-state index in [0.29, 0.717) is 5.69 Å². The number of sulfonamides is 1. The zero-order valence-electron chi connectivity index (χ0n) is 11.0. The van der Waals surface area contributed by atoms with Crippen molar-refractivity contribution in [3.8, 4) is 0 Å². The first-order valence-corrected chi connectivity index (χ1v) is 7.41. The summed E-state index contributed by atoms with van der Waals surface area (Å²) in [6, 6.07) is 5.39. The molecule has 0 N–H and O–H groups in total. The summed E-state index contributed by atoms with van der Waals surface area (Å²) in [5.41, 5.74) is 1.45. The average molecular weight is 267 g/mol. The lowest BCUT2D eigenvalue weighted by Gasteiger charge is -2.19. The van der Waals surface area contributed by atoms with Crippen molar-refractivity contribution in [1.29, 1.82) is 0 Å². The topological polar surface area (TPSA) is 54.5 Å². The van der Waals surface area contributed by atoms with Gasteiger partial charge in [0.15, 0.2) is 0 Å². The molecule has 1 fully saturated rings. The lowest BCUT2D eigenvalue weighted by Crippen LogP contribution is -2.33. The first-order chi connectivity index (χ1) is 8.15. The lowest BCUT2D eigenvalue weighted by atomic mass is 9.95.